The standard InChI is InChI=1S/C13H15N5O2S/c14-12-15-5-11(21-12)20-10-3-16-13(17-4-10)18-8-1-2-9(18)7-19-6-8/h3-5,8-9H,1-2,6-7H2,(H2,14,15). The van der Waals surface area contributed by atoms with Gasteiger partial charge in [0.15, 0.2) is 10.9 Å². The highest BCUT2D eigenvalue weighted by Crippen LogP contribution is 2.33. The van der Waals surface area contributed by atoms with E-state index in [1.165, 1.54) is 11.3 Å². The van der Waals surface area contributed by atoms with Gasteiger partial charge in [0.25, 0.3) is 0 Å². The third kappa shape index (κ3) is 2.40. The minimum Gasteiger partial charge on any atom is -0.442 e. The zero-order valence-electron chi connectivity index (χ0n) is 11.3. The van der Waals surface area contributed by atoms with Gasteiger partial charge in [0, 0.05) is 0 Å². The second-order valence-corrected chi connectivity index (χ2v) is 6.19. The molecular formula is C13H15N5O2S. The molecule has 2 fully saturated rings. The first-order valence-corrected chi connectivity index (χ1v) is 7.68. The van der Waals surface area contributed by atoms with Gasteiger partial charge < -0.3 is 20.1 Å². The summed E-state index contributed by atoms with van der Waals surface area (Å²) in [6.07, 6.45) is 7.26. The van der Waals surface area contributed by atoms with Crippen LogP contribution in [0, 0.1) is 0 Å². The van der Waals surface area contributed by atoms with Gasteiger partial charge in [-0.2, -0.15) is 0 Å². The molecule has 110 valence electrons. The van der Waals surface area contributed by atoms with Crippen molar-refractivity contribution in [3.05, 3.63) is 18.6 Å². The zero-order valence-corrected chi connectivity index (χ0v) is 12.1. The average molecular weight is 305 g/mol. The fraction of sp³-hybridized carbons (Fsp3) is 0.462. The number of hydrogen-bond acceptors (Lipinski definition) is 8. The fourth-order valence-corrected chi connectivity index (χ4v) is 3.44. The Morgan fingerprint density at radius 1 is 1.14 bits per heavy atom. The van der Waals surface area contributed by atoms with Gasteiger partial charge >= 0.3 is 0 Å². The number of nitrogens with zero attached hydrogens (tertiary/aromatic N) is 4. The summed E-state index contributed by atoms with van der Waals surface area (Å²) in [6.45, 7) is 1.52. The smallest absolute Gasteiger partial charge is 0.226 e. The monoisotopic (exact) mass is 305 g/mol. The number of anilines is 2. The maximum absolute atomic E-state index is 5.62. The van der Waals surface area contributed by atoms with Gasteiger partial charge in [-0.3, -0.25) is 0 Å². The molecule has 4 heterocycles. The van der Waals surface area contributed by atoms with Gasteiger partial charge in [0.1, 0.15) is 0 Å². The van der Waals surface area contributed by atoms with Gasteiger partial charge in [-0.25, -0.2) is 15.0 Å². The molecular weight excluding hydrogens is 290 g/mol. The summed E-state index contributed by atoms with van der Waals surface area (Å²) in [7, 11) is 0. The summed E-state index contributed by atoms with van der Waals surface area (Å²) in [6, 6.07) is 0.800. The Balaban J connectivity index is 1.51. The molecule has 2 aliphatic rings. The summed E-state index contributed by atoms with van der Waals surface area (Å²) < 4.78 is 11.2. The molecule has 2 aromatic rings. The molecule has 4 rings (SSSR count). The maximum Gasteiger partial charge on any atom is 0.226 e. The van der Waals surface area contributed by atoms with Crippen LogP contribution in [0.15, 0.2) is 18.6 Å². The van der Waals surface area contributed by atoms with E-state index < -0.39 is 0 Å². The summed E-state index contributed by atoms with van der Waals surface area (Å²) in [5, 5.41) is 1.11. The minimum atomic E-state index is 0.400. The predicted octanol–water partition coefficient (Wildman–Crippen LogP) is 1.68. The normalized spacial score (nSPS) is 24.3. The molecule has 8 heteroatoms. The molecule has 21 heavy (non-hydrogen) atoms. The Morgan fingerprint density at radius 2 is 1.86 bits per heavy atom. The lowest BCUT2D eigenvalue weighted by molar-refractivity contribution is 0.0897. The molecule has 2 unspecified atom stereocenters. The van der Waals surface area contributed by atoms with E-state index in [9.17, 15) is 0 Å². The van der Waals surface area contributed by atoms with Crippen molar-refractivity contribution in [2.45, 2.75) is 24.9 Å². The van der Waals surface area contributed by atoms with Gasteiger partial charge in [-0.1, -0.05) is 11.3 Å². The highest BCUT2D eigenvalue weighted by atomic mass is 32.1. The third-order valence-electron chi connectivity index (χ3n) is 3.81. The Hall–Kier alpha value is -1.93. The summed E-state index contributed by atoms with van der Waals surface area (Å²) in [5.74, 6) is 1.34. The lowest BCUT2D eigenvalue weighted by Crippen LogP contribution is -2.46. The van der Waals surface area contributed by atoms with Gasteiger partial charge in [-0.15, -0.1) is 0 Å². The van der Waals surface area contributed by atoms with Crippen molar-refractivity contribution in [3.63, 3.8) is 0 Å². The highest BCUT2D eigenvalue weighted by molar-refractivity contribution is 7.17. The van der Waals surface area contributed by atoms with E-state index in [-0.39, 0.29) is 0 Å². The van der Waals surface area contributed by atoms with Crippen LogP contribution in [-0.2, 0) is 4.74 Å². The van der Waals surface area contributed by atoms with Gasteiger partial charge in [0.2, 0.25) is 11.0 Å². The van der Waals surface area contributed by atoms with Crippen LogP contribution in [-0.4, -0.2) is 40.2 Å². The van der Waals surface area contributed by atoms with Crippen molar-refractivity contribution in [3.8, 4) is 10.8 Å². The van der Waals surface area contributed by atoms with Crippen molar-refractivity contribution < 1.29 is 9.47 Å². The van der Waals surface area contributed by atoms with Crippen molar-refractivity contribution in [2.24, 2.45) is 0 Å². The van der Waals surface area contributed by atoms with E-state index in [4.69, 9.17) is 15.2 Å². The van der Waals surface area contributed by atoms with E-state index in [1.807, 2.05) is 0 Å². The Bertz CT molecular complexity index is 616. The van der Waals surface area contributed by atoms with Gasteiger partial charge in [-0.05, 0) is 12.8 Å². The molecule has 0 spiro atoms. The van der Waals surface area contributed by atoms with Gasteiger partial charge in [0.05, 0.1) is 43.9 Å². The van der Waals surface area contributed by atoms with Crippen LogP contribution in [0.5, 0.6) is 10.8 Å². The number of thiazole rings is 1. The minimum absolute atomic E-state index is 0.400. The second-order valence-electron chi connectivity index (χ2n) is 5.17. The molecule has 0 amide bonds. The van der Waals surface area contributed by atoms with Crippen LogP contribution < -0.4 is 15.4 Å². The van der Waals surface area contributed by atoms with E-state index in [0.717, 1.165) is 32.0 Å². The first-order chi connectivity index (χ1) is 10.3. The number of fused-ring (bicyclic) bond motifs is 2. The van der Waals surface area contributed by atoms with Crippen LogP contribution in [0.25, 0.3) is 0 Å². The topological polar surface area (TPSA) is 86.4 Å². The van der Waals surface area contributed by atoms with E-state index in [1.54, 1.807) is 18.6 Å². The van der Waals surface area contributed by atoms with Crippen LogP contribution in [0.2, 0.25) is 0 Å². The van der Waals surface area contributed by atoms with Crippen molar-refractivity contribution in [1.29, 1.82) is 0 Å². The van der Waals surface area contributed by atoms with Crippen LogP contribution in [0.1, 0.15) is 12.8 Å². The molecule has 2 aromatic heterocycles. The van der Waals surface area contributed by atoms with Crippen LogP contribution in [0.4, 0.5) is 11.1 Å². The molecule has 0 saturated carbocycles. The summed E-state index contributed by atoms with van der Waals surface area (Å²) >= 11 is 1.29. The molecule has 2 saturated heterocycles. The maximum atomic E-state index is 5.62. The highest BCUT2D eigenvalue weighted by Gasteiger charge is 2.38. The first kappa shape index (κ1) is 12.8. The molecule has 2 aliphatic heterocycles. The molecule has 2 atom stereocenters. The Kier molecular flexibility index (Phi) is 3.12. The molecule has 7 nitrogen and oxygen atoms in total. The van der Waals surface area contributed by atoms with E-state index in [0.29, 0.717) is 28.0 Å². The summed E-state index contributed by atoms with van der Waals surface area (Å²) in [4.78, 5) is 15.1. The number of nitrogen functional groups attached to an aromatic ring is 1. The lowest BCUT2D eigenvalue weighted by Gasteiger charge is -2.34. The molecule has 0 aromatic carbocycles. The van der Waals surface area contributed by atoms with Crippen LogP contribution in [0.3, 0.4) is 0 Å². The number of rotatable bonds is 3. The van der Waals surface area contributed by atoms with Crippen molar-refractivity contribution in [2.75, 3.05) is 23.8 Å². The first-order valence-electron chi connectivity index (χ1n) is 6.87. The number of morpholine rings is 1. The quantitative estimate of drug-likeness (QED) is 0.923. The number of nitrogens with two attached hydrogens (primary N) is 1. The summed E-state index contributed by atoms with van der Waals surface area (Å²) in [5.41, 5.74) is 5.57. The van der Waals surface area contributed by atoms with Crippen molar-refractivity contribution >= 4 is 22.4 Å². The van der Waals surface area contributed by atoms with Crippen LogP contribution >= 0.6 is 11.3 Å². The molecule has 0 radical (unpaired) electrons. The molecule has 2 N–H and O–H groups in total. The molecule has 2 bridgehead atoms. The zero-order chi connectivity index (χ0) is 14.2. The SMILES string of the molecule is Nc1ncc(Oc2cnc(N3C4CCC3COC4)nc2)s1. The fourth-order valence-electron chi connectivity index (χ4n) is 2.89. The largest absolute Gasteiger partial charge is 0.442 e. The Labute approximate surface area is 125 Å². The molecule has 0 aliphatic carbocycles. The number of aromatic nitrogens is 3. The number of ether oxygens (including phenoxy) is 2. The predicted molar refractivity (Wildman–Crippen MR) is 78.7 cm³/mol. The Morgan fingerprint density at radius 3 is 2.48 bits per heavy atom. The van der Waals surface area contributed by atoms with E-state index in [2.05, 4.69) is 19.9 Å². The lowest BCUT2D eigenvalue weighted by atomic mass is 10.2. The van der Waals surface area contributed by atoms with E-state index >= 15 is 0 Å². The second kappa shape index (κ2) is 5.12. The third-order valence-corrected chi connectivity index (χ3v) is 4.51. The van der Waals surface area contributed by atoms with Crippen molar-refractivity contribution in [1.82, 2.24) is 15.0 Å². The average Bonchev–Trinajstić information content (AvgIpc) is 3.01. The number of hydrogen-bond donors (Lipinski definition) is 1.